The number of hydrogen-bond acceptors (Lipinski definition) is 3. The van der Waals surface area contributed by atoms with E-state index in [4.69, 9.17) is 0 Å². The molecule has 1 atom stereocenters. The van der Waals surface area contributed by atoms with Gasteiger partial charge in [0.2, 0.25) is 11.8 Å². The Kier molecular flexibility index (Phi) is 4.14. The Balaban J connectivity index is 1.74. The number of anilines is 1. The molecule has 1 aliphatic heterocycles. The van der Waals surface area contributed by atoms with Crippen molar-refractivity contribution in [1.29, 1.82) is 0 Å². The van der Waals surface area contributed by atoms with Gasteiger partial charge in [-0.3, -0.25) is 9.59 Å². The quantitative estimate of drug-likeness (QED) is 0.911. The summed E-state index contributed by atoms with van der Waals surface area (Å²) in [6, 6.07) is 9.37. The van der Waals surface area contributed by atoms with Gasteiger partial charge in [-0.25, -0.2) is 4.68 Å². The van der Waals surface area contributed by atoms with Gasteiger partial charge in [0, 0.05) is 18.2 Å². The number of aryl methyl sites for hydroxylation is 2. The van der Waals surface area contributed by atoms with Gasteiger partial charge in [0.25, 0.3) is 0 Å². The molecule has 1 aliphatic rings. The van der Waals surface area contributed by atoms with Crippen LogP contribution in [0.3, 0.4) is 0 Å². The summed E-state index contributed by atoms with van der Waals surface area (Å²) in [5.74, 6) is 0.206. The Morgan fingerprint density at radius 1 is 1.30 bits per heavy atom. The molecule has 23 heavy (non-hydrogen) atoms. The van der Waals surface area contributed by atoms with Crippen molar-refractivity contribution in [3.8, 4) is 5.69 Å². The first-order valence-electron chi connectivity index (χ1n) is 7.77. The van der Waals surface area contributed by atoms with Crippen LogP contribution >= 0.6 is 0 Å². The van der Waals surface area contributed by atoms with Crippen LogP contribution in [0.2, 0.25) is 0 Å². The molecule has 0 aliphatic carbocycles. The molecular weight excluding hydrogens is 292 g/mol. The molecule has 6 nitrogen and oxygen atoms in total. The Morgan fingerprint density at radius 3 is 2.74 bits per heavy atom. The lowest BCUT2D eigenvalue weighted by Gasteiger charge is -2.21. The van der Waals surface area contributed by atoms with E-state index in [9.17, 15) is 9.59 Å². The molecule has 120 valence electrons. The average Bonchev–Trinajstić information content (AvgIpc) is 2.88. The van der Waals surface area contributed by atoms with Crippen LogP contribution in [0.25, 0.3) is 5.69 Å². The predicted octanol–water partition coefficient (Wildman–Crippen LogP) is 2.10. The highest BCUT2D eigenvalue weighted by Crippen LogP contribution is 2.17. The Hall–Kier alpha value is -2.63. The zero-order chi connectivity index (χ0) is 16.4. The molecule has 1 saturated heterocycles. The number of carbonyl (C=O) groups is 2. The number of hydrogen-bond donors (Lipinski definition) is 2. The Labute approximate surface area is 134 Å². The lowest BCUT2D eigenvalue weighted by molar-refractivity contribution is -0.128. The van der Waals surface area contributed by atoms with E-state index in [2.05, 4.69) is 15.7 Å². The molecule has 0 saturated carbocycles. The minimum absolute atomic E-state index is 0.0715. The minimum atomic E-state index is -0.471. The molecule has 3 rings (SSSR count). The predicted molar refractivity (Wildman–Crippen MR) is 87.4 cm³/mol. The first-order valence-corrected chi connectivity index (χ1v) is 7.77. The second-order valence-electron chi connectivity index (χ2n) is 5.92. The van der Waals surface area contributed by atoms with Crippen molar-refractivity contribution in [2.24, 2.45) is 0 Å². The molecule has 1 aromatic carbocycles. The molecule has 0 spiro atoms. The van der Waals surface area contributed by atoms with Crippen LogP contribution in [0.5, 0.6) is 0 Å². The van der Waals surface area contributed by atoms with Gasteiger partial charge in [0.15, 0.2) is 5.82 Å². The normalized spacial score (nSPS) is 17.7. The number of benzene rings is 1. The number of amides is 2. The monoisotopic (exact) mass is 312 g/mol. The highest BCUT2D eigenvalue weighted by molar-refractivity contribution is 5.97. The molecule has 1 aromatic heterocycles. The number of nitrogens with one attached hydrogen (secondary N) is 2. The lowest BCUT2D eigenvalue weighted by Crippen LogP contribution is -2.46. The second kappa shape index (κ2) is 6.24. The summed E-state index contributed by atoms with van der Waals surface area (Å²) < 4.78 is 1.79. The van der Waals surface area contributed by atoms with Crippen LogP contribution in [0, 0.1) is 13.8 Å². The molecular formula is C17H20N4O2. The van der Waals surface area contributed by atoms with Crippen molar-refractivity contribution in [1.82, 2.24) is 15.1 Å². The summed E-state index contributed by atoms with van der Waals surface area (Å²) in [5, 5.41) is 9.93. The molecule has 2 amide bonds. The van der Waals surface area contributed by atoms with E-state index in [0.29, 0.717) is 18.7 Å². The number of rotatable bonds is 3. The second-order valence-corrected chi connectivity index (χ2v) is 5.92. The average molecular weight is 312 g/mol. The lowest BCUT2D eigenvalue weighted by atomic mass is 10.0. The van der Waals surface area contributed by atoms with Gasteiger partial charge in [-0.1, -0.05) is 17.7 Å². The van der Waals surface area contributed by atoms with Crippen LogP contribution in [-0.4, -0.2) is 27.6 Å². The van der Waals surface area contributed by atoms with Crippen molar-refractivity contribution in [2.45, 2.75) is 39.2 Å². The first-order chi connectivity index (χ1) is 11.0. The van der Waals surface area contributed by atoms with Gasteiger partial charge in [-0.2, -0.15) is 0 Å². The van der Waals surface area contributed by atoms with E-state index in [1.807, 2.05) is 44.2 Å². The van der Waals surface area contributed by atoms with Crippen LogP contribution in [0.1, 0.15) is 30.5 Å². The van der Waals surface area contributed by atoms with E-state index >= 15 is 0 Å². The van der Waals surface area contributed by atoms with Crippen molar-refractivity contribution in [3.63, 3.8) is 0 Å². The number of carbonyl (C=O) groups excluding carboxylic acids is 2. The minimum Gasteiger partial charge on any atom is -0.344 e. The van der Waals surface area contributed by atoms with Gasteiger partial charge < -0.3 is 10.6 Å². The summed E-state index contributed by atoms with van der Waals surface area (Å²) in [6.45, 7) is 3.97. The van der Waals surface area contributed by atoms with Crippen molar-refractivity contribution < 1.29 is 9.59 Å². The highest BCUT2D eigenvalue weighted by atomic mass is 16.2. The van der Waals surface area contributed by atoms with Gasteiger partial charge in [0.1, 0.15) is 6.04 Å². The van der Waals surface area contributed by atoms with Crippen molar-refractivity contribution in [2.75, 3.05) is 5.32 Å². The molecule has 0 unspecified atom stereocenters. The van der Waals surface area contributed by atoms with E-state index < -0.39 is 6.04 Å². The fourth-order valence-electron chi connectivity index (χ4n) is 2.70. The summed E-state index contributed by atoms with van der Waals surface area (Å²) >= 11 is 0. The number of piperidine rings is 1. The first kappa shape index (κ1) is 15.3. The van der Waals surface area contributed by atoms with Crippen molar-refractivity contribution in [3.05, 3.63) is 41.6 Å². The highest BCUT2D eigenvalue weighted by Gasteiger charge is 2.25. The summed E-state index contributed by atoms with van der Waals surface area (Å²) in [4.78, 5) is 23.6. The molecule has 2 aromatic rings. The molecule has 2 heterocycles. The maximum Gasteiger partial charge on any atom is 0.248 e. The van der Waals surface area contributed by atoms with Gasteiger partial charge >= 0.3 is 0 Å². The molecule has 2 N–H and O–H groups in total. The standard InChI is InChI=1S/C17H20N4O2/c1-11-6-8-13(9-7-11)21-12(2)10-15(20-21)19-17(23)14-4-3-5-16(22)18-14/h6-10,14H,3-5H2,1-2H3,(H,18,22)(H,19,20,23)/t14-/m1/s1. The maximum absolute atomic E-state index is 12.2. The third-order valence-electron chi connectivity index (χ3n) is 3.97. The SMILES string of the molecule is Cc1ccc(-n2nc(NC(=O)[C@H]3CCCC(=O)N3)cc2C)cc1. The topological polar surface area (TPSA) is 76.0 Å². The summed E-state index contributed by atoms with van der Waals surface area (Å²) in [7, 11) is 0. The van der Waals surface area contributed by atoms with E-state index in [1.165, 1.54) is 5.56 Å². The third kappa shape index (κ3) is 3.41. The van der Waals surface area contributed by atoms with Crippen LogP contribution in [0.15, 0.2) is 30.3 Å². The van der Waals surface area contributed by atoms with Gasteiger partial charge in [-0.15, -0.1) is 5.10 Å². The molecule has 0 radical (unpaired) electrons. The number of nitrogens with zero attached hydrogens (tertiary/aromatic N) is 2. The fourth-order valence-corrected chi connectivity index (χ4v) is 2.70. The van der Waals surface area contributed by atoms with Crippen LogP contribution in [0.4, 0.5) is 5.82 Å². The Morgan fingerprint density at radius 2 is 2.04 bits per heavy atom. The van der Waals surface area contributed by atoms with Gasteiger partial charge in [0.05, 0.1) is 5.69 Å². The maximum atomic E-state index is 12.2. The molecule has 1 fully saturated rings. The molecule has 6 heteroatoms. The van der Waals surface area contributed by atoms with E-state index in [-0.39, 0.29) is 11.8 Å². The third-order valence-corrected chi connectivity index (χ3v) is 3.97. The number of aromatic nitrogens is 2. The van der Waals surface area contributed by atoms with Crippen molar-refractivity contribution >= 4 is 17.6 Å². The van der Waals surface area contributed by atoms with Crippen LogP contribution in [-0.2, 0) is 9.59 Å². The van der Waals surface area contributed by atoms with Crippen LogP contribution < -0.4 is 10.6 Å². The zero-order valence-corrected chi connectivity index (χ0v) is 13.3. The fraction of sp³-hybridized carbons (Fsp3) is 0.353. The largest absolute Gasteiger partial charge is 0.344 e. The Bertz CT molecular complexity index is 734. The summed E-state index contributed by atoms with van der Waals surface area (Å²) in [6.07, 6.45) is 1.89. The smallest absolute Gasteiger partial charge is 0.248 e. The summed E-state index contributed by atoms with van der Waals surface area (Å²) in [5.41, 5.74) is 3.05. The molecule has 0 bridgehead atoms. The zero-order valence-electron chi connectivity index (χ0n) is 13.3. The van der Waals surface area contributed by atoms with E-state index in [1.54, 1.807) is 4.68 Å². The van der Waals surface area contributed by atoms with E-state index in [0.717, 1.165) is 17.8 Å². The van der Waals surface area contributed by atoms with Gasteiger partial charge in [-0.05, 0) is 38.8 Å².